The van der Waals surface area contributed by atoms with Gasteiger partial charge in [-0.3, -0.25) is 0 Å². The summed E-state index contributed by atoms with van der Waals surface area (Å²) >= 11 is 5.83. The zero-order valence-corrected chi connectivity index (χ0v) is 12.4. The van der Waals surface area contributed by atoms with Crippen LogP contribution in [0.25, 0.3) is 11.4 Å². The molecule has 2 rings (SSSR count). The highest BCUT2D eigenvalue weighted by Gasteiger charge is 2.30. The van der Waals surface area contributed by atoms with Crippen LogP contribution in [0.2, 0.25) is 0 Å². The molecule has 0 saturated carbocycles. The van der Waals surface area contributed by atoms with Gasteiger partial charge in [0.05, 0.1) is 11.4 Å². The van der Waals surface area contributed by atoms with Crippen molar-refractivity contribution in [3.63, 3.8) is 0 Å². The molecule has 114 valence electrons. The second kappa shape index (κ2) is 6.05. The summed E-state index contributed by atoms with van der Waals surface area (Å²) in [5.74, 6) is 1.70. The highest BCUT2D eigenvalue weighted by Crippen LogP contribution is 2.31. The van der Waals surface area contributed by atoms with Gasteiger partial charge < -0.3 is 4.57 Å². The van der Waals surface area contributed by atoms with E-state index in [1.165, 1.54) is 12.1 Å². The molecule has 0 fully saturated rings. The molecule has 0 bridgehead atoms. The van der Waals surface area contributed by atoms with E-state index in [0.717, 1.165) is 12.1 Å². The van der Waals surface area contributed by atoms with E-state index in [1.54, 1.807) is 0 Å². The Balaban J connectivity index is 2.40. The minimum absolute atomic E-state index is 0.209. The van der Waals surface area contributed by atoms with Crippen LogP contribution in [0.4, 0.5) is 13.2 Å². The van der Waals surface area contributed by atoms with Gasteiger partial charge in [-0.05, 0) is 18.1 Å². The Labute approximate surface area is 125 Å². The summed E-state index contributed by atoms with van der Waals surface area (Å²) in [5.41, 5.74) is -0.0914. The molecular weight excluding hydrogens is 303 g/mol. The summed E-state index contributed by atoms with van der Waals surface area (Å²) < 4.78 is 39.6. The van der Waals surface area contributed by atoms with Crippen LogP contribution in [-0.4, -0.2) is 14.8 Å². The lowest BCUT2D eigenvalue weighted by atomic mass is 10.1. The van der Waals surface area contributed by atoms with Crippen LogP contribution in [-0.2, 0) is 18.6 Å². The zero-order chi connectivity index (χ0) is 15.6. The van der Waals surface area contributed by atoms with Crippen LogP contribution in [0, 0.1) is 5.92 Å². The van der Waals surface area contributed by atoms with Crippen molar-refractivity contribution in [3.8, 4) is 11.4 Å². The molecule has 0 N–H and O–H groups in total. The Morgan fingerprint density at radius 2 is 1.76 bits per heavy atom. The largest absolute Gasteiger partial charge is 0.416 e. The van der Waals surface area contributed by atoms with Crippen LogP contribution >= 0.6 is 11.6 Å². The molecule has 0 unspecified atom stereocenters. The highest BCUT2D eigenvalue weighted by atomic mass is 35.5. The molecule has 2 aromatic rings. The first kappa shape index (κ1) is 15.8. The summed E-state index contributed by atoms with van der Waals surface area (Å²) in [4.78, 5) is 0. The van der Waals surface area contributed by atoms with Gasteiger partial charge in [0, 0.05) is 12.1 Å². The van der Waals surface area contributed by atoms with Crippen molar-refractivity contribution in [2.24, 2.45) is 5.92 Å². The van der Waals surface area contributed by atoms with Crippen LogP contribution < -0.4 is 0 Å². The molecule has 0 saturated heterocycles. The Bertz CT molecular complexity index is 603. The van der Waals surface area contributed by atoms with E-state index in [4.69, 9.17) is 11.6 Å². The van der Waals surface area contributed by atoms with Crippen LogP contribution in [0.15, 0.2) is 24.3 Å². The Morgan fingerprint density at radius 3 is 2.24 bits per heavy atom. The number of nitrogens with zero attached hydrogens (tertiary/aromatic N) is 3. The molecule has 3 nitrogen and oxygen atoms in total. The van der Waals surface area contributed by atoms with Crippen molar-refractivity contribution in [1.29, 1.82) is 0 Å². The number of aromatic nitrogens is 3. The maximum atomic E-state index is 12.6. The lowest BCUT2D eigenvalue weighted by Crippen LogP contribution is -2.09. The van der Waals surface area contributed by atoms with Crippen LogP contribution in [0.3, 0.4) is 0 Å². The van der Waals surface area contributed by atoms with Crippen LogP contribution in [0.1, 0.15) is 25.2 Å². The average molecular weight is 318 g/mol. The quantitative estimate of drug-likeness (QED) is 0.784. The van der Waals surface area contributed by atoms with Gasteiger partial charge >= 0.3 is 6.18 Å². The third-order valence-corrected chi connectivity index (χ3v) is 3.20. The monoisotopic (exact) mass is 317 g/mol. The summed E-state index contributed by atoms with van der Waals surface area (Å²) in [6.45, 7) is 4.73. The Kier molecular flexibility index (Phi) is 4.56. The summed E-state index contributed by atoms with van der Waals surface area (Å²) in [7, 11) is 0. The lowest BCUT2D eigenvalue weighted by molar-refractivity contribution is -0.137. The summed E-state index contributed by atoms with van der Waals surface area (Å²) in [6.07, 6.45) is -4.34. The van der Waals surface area contributed by atoms with Crippen molar-refractivity contribution in [3.05, 3.63) is 35.7 Å². The fourth-order valence-corrected chi connectivity index (χ4v) is 2.21. The molecule has 1 aromatic carbocycles. The summed E-state index contributed by atoms with van der Waals surface area (Å²) in [5, 5.41) is 8.04. The molecule has 0 aliphatic heterocycles. The fourth-order valence-electron chi connectivity index (χ4n) is 2.01. The van der Waals surface area contributed by atoms with E-state index in [2.05, 4.69) is 10.2 Å². The van der Waals surface area contributed by atoms with Gasteiger partial charge in [0.25, 0.3) is 0 Å². The van der Waals surface area contributed by atoms with Crippen molar-refractivity contribution in [2.75, 3.05) is 0 Å². The number of hydrogen-bond acceptors (Lipinski definition) is 2. The van der Waals surface area contributed by atoms with E-state index < -0.39 is 11.7 Å². The first-order chi connectivity index (χ1) is 9.82. The van der Waals surface area contributed by atoms with Crippen molar-refractivity contribution in [1.82, 2.24) is 14.8 Å². The zero-order valence-electron chi connectivity index (χ0n) is 11.7. The number of rotatable bonds is 4. The molecule has 0 aliphatic rings. The van der Waals surface area contributed by atoms with Gasteiger partial charge in [0.15, 0.2) is 5.82 Å². The third-order valence-electron chi connectivity index (χ3n) is 2.97. The Morgan fingerprint density at radius 1 is 1.14 bits per heavy atom. The summed E-state index contributed by atoms with van der Waals surface area (Å²) in [6, 6.07) is 4.90. The number of benzene rings is 1. The second-order valence-corrected chi connectivity index (χ2v) is 5.42. The molecule has 7 heteroatoms. The van der Waals surface area contributed by atoms with Crippen molar-refractivity contribution in [2.45, 2.75) is 32.4 Å². The molecule has 0 aliphatic carbocycles. The van der Waals surface area contributed by atoms with Gasteiger partial charge in [0.1, 0.15) is 5.82 Å². The van der Waals surface area contributed by atoms with E-state index in [9.17, 15) is 13.2 Å². The third kappa shape index (κ3) is 3.56. The maximum absolute atomic E-state index is 12.6. The minimum Gasteiger partial charge on any atom is -0.310 e. The number of halogens is 4. The van der Waals surface area contributed by atoms with E-state index in [0.29, 0.717) is 29.7 Å². The fraction of sp³-hybridized carbons (Fsp3) is 0.429. The normalized spacial score (nSPS) is 12.1. The molecule has 0 spiro atoms. The van der Waals surface area contributed by atoms with Gasteiger partial charge in [-0.1, -0.05) is 26.0 Å². The molecule has 0 amide bonds. The van der Waals surface area contributed by atoms with Gasteiger partial charge in [-0.2, -0.15) is 13.2 Å². The van der Waals surface area contributed by atoms with Crippen LogP contribution in [0.5, 0.6) is 0 Å². The number of hydrogen-bond donors (Lipinski definition) is 0. The highest BCUT2D eigenvalue weighted by molar-refractivity contribution is 6.16. The molecule has 0 radical (unpaired) electrons. The predicted octanol–water partition coefficient (Wildman–Crippen LogP) is 4.36. The minimum atomic E-state index is -4.34. The first-order valence-corrected chi connectivity index (χ1v) is 7.02. The molecular formula is C14H15ClF3N3. The first-order valence-electron chi connectivity index (χ1n) is 6.48. The van der Waals surface area contributed by atoms with E-state index in [1.807, 2.05) is 18.4 Å². The van der Waals surface area contributed by atoms with E-state index >= 15 is 0 Å². The van der Waals surface area contributed by atoms with Gasteiger partial charge in [0.2, 0.25) is 0 Å². The maximum Gasteiger partial charge on any atom is 0.416 e. The number of alkyl halides is 4. The predicted molar refractivity (Wildman–Crippen MR) is 74.9 cm³/mol. The second-order valence-electron chi connectivity index (χ2n) is 5.15. The topological polar surface area (TPSA) is 30.7 Å². The van der Waals surface area contributed by atoms with Gasteiger partial charge in [-0.25, -0.2) is 0 Å². The van der Waals surface area contributed by atoms with E-state index in [-0.39, 0.29) is 5.88 Å². The smallest absolute Gasteiger partial charge is 0.310 e. The van der Waals surface area contributed by atoms with Crippen molar-refractivity contribution >= 4 is 11.6 Å². The standard InChI is InChI=1S/C14H15ClF3N3/c1-9(2)8-21-12(7-15)19-20-13(21)10-3-5-11(6-4-10)14(16,17)18/h3-6,9H,7-8H2,1-2H3. The lowest BCUT2D eigenvalue weighted by Gasteiger charge is -2.12. The molecule has 21 heavy (non-hydrogen) atoms. The molecule has 1 aromatic heterocycles. The van der Waals surface area contributed by atoms with Gasteiger partial charge in [-0.15, -0.1) is 21.8 Å². The average Bonchev–Trinajstić information content (AvgIpc) is 2.80. The van der Waals surface area contributed by atoms with Crippen molar-refractivity contribution < 1.29 is 13.2 Å². The Hall–Kier alpha value is -1.56. The molecule has 1 heterocycles. The SMILES string of the molecule is CC(C)Cn1c(CCl)nnc1-c1ccc(C(F)(F)F)cc1. The molecule has 0 atom stereocenters.